The minimum atomic E-state index is -3.88. The third-order valence-corrected chi connectivity index (χ3v) is 5.61. The zero-order valence-corrected chi connectivity index (χ0v) is 16.5. The van der Waals surface area contributed by atoms with Gasteiger partial charge < -0.3 is 15.5 Å². The van der Waals surface area contributed by atoms with Crippen molar-refractivity contribution in [2.75, 3.05) is 5.32 Å². The third-order valence-electron chi connectivity index (χ3n) is 3.96. The van der Waals surface area contributed by atoms with Crippen molar-refractivity contribution in [2.45, 2.75) is 43.9 Å². The highest BCUT2D eigenvalue weighted by Gasteiger charge is 2.24. The summed E-state index contributed by atoms with van der Waals surface area (Å²) in [5, 5.41) is 34.1. The highest BCUT2D eigenvalue weighted by atomic mass is 32.2. The minimum absolute atomic E-state index is 0.0546. The predicted molar refractivity (Wildman–Crippen MR) is 105 cm³/mol. The van der Waals surface area contributed by atoms with E-state index in [2.05, 4.69) is 10.0 Å². The molecule has 2 rings (SSSR count). The number of aliphatic hydroxyl groups is 1. The normalized spacial score (nSPS) is 13.9. The minimum Gasteiger partial charge on any atom is -0.508 e. The van der Waals surface area contributed by atoms with E-state index in [4.69, 9.17) is 0 Å². The summed E-state index contributed by atoms with van der Waals surface area (Å²) in [6.07, 6.45) is -1.01. The lowest BCUT2D eigenvalue weighted by Gasteiger charge is -2.22. The van der Waals surface area contributed by atoms with E-state index in [1.165, 1.54) is 24.3 Å². The Labute approximate surface area is 163 Å². The molecule has 0 radical (unpaired) electrons. The van der Waals surface area contributed by atoms with Gasteiger partial charge in [-0.25, -0.2) is 13.1 Å². The van der Waals surface area contributed by atoms with Gasteiger partial charge in [0.15, 0.2) is 0 Å². The second-order valence-electron chi connectivity index (χ2n) is 6.68. The number of phenols is 1. The van der Waals surface area contributed by atoms with Crippen LogP contribution in [0.5, 0.6) is 5.75 Å². The smallest absolute Gasteiger partial charge is 0.293 e. The second-order valence-corrected chi connectivity index (χ2v) is 8.40. The van der Waals surface area contributed by atoms with Crippen LogP contribution in [0.25, 0.3) is 0 Å². The van der Waals surface area contributed by atoms with Crippen molar-refractivity contribution in [2.24, 2.45) is 0 Å². The number of nitro groups is 1. The molecule has 0 aliphatic heterocycles. The van der Waals surface area contributed by atoms with Crippen LogP contribution in [0.4, 0.5) is 11.4 Å². The summed E-state index contributed by atoms with van der Waals surface area (Å²) >= 11 is 0. The Balaban J connectivity index is 2.30. The van der Waals surface area contributed by atoms with Crippen LogP contribution in [0.15, 0.2) is 47.4 Å². The highest BCUT2D eigenvalue weighted by molar-refractivity contribution is 7.89. The number of phenolic OH excluding ortho intramolecular Hbond substituents is 1. The topological polar surface area (TPSA) is 142 Å². The first-order valence-corrected chi connectivity index (χ1v) is 10.0. The summed E-state index contributed by atoms with van der Waals surface area (Å²) in [5.41, 5.74) is 0.177. The fourth-order valence-electron chi connectivity index (χ4n) is 2.61. The van der Waals surface area contributed by atoms with Crippen LogP contribution in [0.1, 0.15) is 32.4 Å². The van der Waals surface area contributed by atoms with Crippen molar-refractivity contribution in [1.82, 2.24) is 4.72 Å². The summed E-state index contributed by atoms with van der Waals surface area (Å²) < 4.78 is 26.9. The molecule has 0 spiro atoms. The number of anilines is 1. The first-order chi connectivity index (χ1) is 13.0. The lowest BCUT2D eigenvalue weighted by molar-refractivity contribution is -0.384. The molecule has 10 heteroatoms. The molecular weight excluding hydrogens is 386 g/mol. The molecular formula is C18H23N3O6S. The maximum atomic E-state index is 12.3. The largest absolute Gasteiger partial charge is 0.508 e. The van der Waals surface area contributed by atoms with E-state index < -0.39 is 32.8 Å². The molecule has 0 aliphatic carbocycles. The highest BCUT2D eigenvalue weighted by Crippen LogP contribution is 2.30. The Morgan fingerprint density at radius 1 is 1.07 bits per heavy atom. The molecule has 28 heavy (non-hydrogen) atoms. The van der Waals surface area contributed by atoms with Crippen molar-refractivity contribution in [3.8, 4) is 5.75 Å². The summed E-state index contributed by atoms with van der Waals surface area (Å²) in [4.78, 5) is 10.5. The van der Waals surface area contributed by atoms with E-state index in [9.17, 15) is 28.7 Å². The van der Waals surface area contributed by atoms with Crippen molar-refractivity contribution < 1.29 is 23.6 Å². The monoisotopic (exact) mass is 409 g/mol. The molecule has 0 fully saturated rings. The van der Waals surface area contributed by atoms with Crippen LogP contribution in [0.3, 0.4) is 0 Å². The molecule has 0 amide bonds. The van der Waals surface area contributed by atoms with E-state index in [0.717, 1.165) is 6.07 Å². The van der Waals surface area contributed by atoms with Crippen molar-refractivity contribution in [3.63, 3.8) is 0 Å². The maximum absolute atomic E-state index is 12.3. The maximum Gasteiger partial charge on any atom is 0.293 e. The number of nitro benzene ring substituents is 1. The standard InChI is InChI=1S/C18H23N3O6S/c1-11(2)20-28(26,27)15-8-9-16(17(10-15)21(24)25)19-12(3)18(23)13-4-6-14(22)7-5-13/h4-12,18-20,22-23H,1-3H3/t12-,18-/m1/s1. The van der Waals surface area contributed by atoms with Crippen LogP contribution in [0, 0.1) is 10.1 Å². The fourth-order valence-corrected chi connectivity index (χ4v) is 3.89. The molecule has 4 N–H and O–H groups in total. The number of rotatable bonds is 8. The van der Waals surface area contributed by atoms with E-state index in [0.29, 0.717) is 5.56 Å². The van der Waals surface area contributed by atoms with Crippen LogP contribution in [-0.4, -0.2) is 35.6 Å². The Morgan fingerprint density at radius 3 is 2.21 bits per heavy atom. The molecule has 152 valence electrons. The Bertz CT molecular complexity index is 944. The second kappa shape index (κ2) is 8.55. The van der Waals surface area contributed by atoms with Gasteiger partial charge in [0.2, 0.25) is 10.0 Å². The van der Waals surface area contributed by atoms with Crippen molar-refractivity contribution in [1.29, 1.82) is 0 Å². The van der Waals surface area contributed by atoms with Crippen LogP contribution in [0.2, 0.25) is 0 Å². The number of hydrogen-bond acceptors (Lipinski definition) is 7. The van der Waals surface area contributed by atoms with Crippen LogP contribution < -0.4 is 10.0 Å². The Kier molecular flexibility index (Phi) is 6.60. The number of sulfonamides is 1. The van der Waals surface area contributed by atoms with Crippen molar-refractivity contribution >= 4 is 21.4 Å². The zero-order chi connectivity index (χ0) is 21.1. The molecule has 0 heterocycles. The number of aliphatic hydroxyl groups excluding tert-OH is 1. The van der Waals surface area contributed by atoms with Gasteiger partial charge >= 0.3 is 0 Å². The Hall–Kier alpha value is -2.69. The molecule has 0 saturated carbocycles. The number of nitrogens with zero attached hydrogens (tertiary/aromatic N) is 1. The van der Waals surface area contributed by atoms with Gasteiger partial charge in [0.05, 0.1) is 22.0 Å². The average Bonchev–Trinajstić information content (AvgIpc) is 2.60. The number of benzene rings is 2. The lowest BCUT2D eigenvalue weighted by Crippen LogP contribution is -2.30. The third kappa shape index (κ3) is 5.18. The molecule has 9 nitrogen and oxygen atoms in total. The first kappa shape index (κ1) is 21.6. The molecule has 0 aromatic heterocycles. The van der Waals surface area contributed by atoms with E-state index in [-0.39, 0.29) is 22.4 Å². The number of aromatic hydroxyl groups is 1. The molecule has 0 bridgehead atoms. The molecule has 0 saturated heterocycles. The molecule has 2 aromatic carbocycles. The van der Waals surface area contributed by atoms with Crippen LogP contribution >= 0.6 is 0 Å². The molecule has 0 aliphatic rings. The van der Waals surface area contributed by atoms with E-state index in [1.807, 2.05) is 0 Å². The number of hydrogen-bond donors (Lipinski definition) is 4. The summed E-state index contributed by atoms with van der Waals surface area (Å²) in [6, 6.07) is 8.49. The summed E-state index contributed by atoms with van der Waals surface area (Å²) in [5.74, 6) is 0.0546. The van der Waals surface area contributed by atoms with Gasteiger partial charge in [-0.3, -0.25) is 10.1 Å². The molecule has 0 unspecified atom stereocenters. The summed E-state index contributed by atoms with van der Waals surface area (Å²) in [6.45, 7) is 4.93. The molecule has 2 atom stereocenters. The van der Waals surface area contributed by atoms with Crippen LogP contribution in [-0.2, 0) is 10.0 Å². The van der Waals surface area contributed by atoms with Crippen molar-refractivity contribution in [3.05, 3.63) is 58.1 Å². The first-order valence-electron chi connectivity index (χ1n) is 8.55. The zero-order valence-electron chi connectivity index (χ0n) is 15.7. The van der Waals surface area contributed by atoms with E-state index in [1.54, 1.807) is 32.9 Å². The summed E-state index contributed by atoms with van der Waals surface area (Å²) in [7, 11) is -3.88. The average molecular weight is 409 g/mol. The SMILES string of the molecule is CC(C)NS(=O)(=O)c1ccc(N[C@H](C)[C@@H](O)c2ccc(O)cc2)c([N+](=O)[O-])c1. The van der Waals surface area contributed by atoms with Gasteiger partial charge in [-0.15, -0.1) is 0 Å². The van der Waals surface area contributed by atoms with Gasteiger partial charge in [-0.1, -0.05) is 12.1 Å². The molecule has 2 aromatic rings. The van der Waals surface area contributed by atoms with Gasteiger partial charge in [-0.2, -0.15) is 0 Å². The number of nitrogens with one attached hydrogen (secondary N) is 2. The van der Waals surface area contributed by atoms with E-state index >= 15 is 0 Å². The van der Waals surface area contributed by atoms with Gasteiger partial charge in [-0.05, 0) is 50.6 Å². The predicted octanol–water partition coefficient (Wildman–Crippen LogP) is 2.52. The lowest BCUT2D eigenvalue weighted by atomic mass is 10.0. The Morgan fingerprint density at radius 2 is 1.68 bits per heavy atom. The van der Waals surface area contributed by atoms with Gasteiger partial charge in [0.25, 0.3) is 5.69 Å². The quantitative estimate of drug-likeness (QED) is 0.388. The fraction of sp³-hybridized carbons (Fsp3) is 0.333. The van der Waals surface area contributed by atoms with Gasteiger partial charge in [0.1, 0.15) is 11.4 Å². The van der Waals surface area contributed by atoms with Gasteiger partial charge in [0, 0.05) is 12.1 Å².